The van der Waals surface area contributed by atoms with E-state index in [-0.39, 0.29) is 11.9 Å². The number of para-hydroxylation sites is 1. The van der Waals surface area contributed by atoms with Gasteiger partial charge in [0.25, 0.3) is 0 Å². The summed E-state index contributed by atoms with van der Waals surface area (Å²) in [7, 11) is 2.11. The number of carbonyl (C=O) groups excluding carboxylic acids is 1. The molecule has 1 amide bonds. The second-order valence-corrected chi connectivity index (χ2v) is 4.38. The third-order valence-corrected chi connectivity index (χ3v) is 3.09. The molecule has 1 aromatic carbocycles. The van der Waals surface area contributed by atoms with E-state index in [1.165, 1.54) is 11.3 Å². The Kier molecular flexibility index (Phi) is 3.13. The monoisotopic (exact) mass is 218 g/mol. The Balaban J connectivity index is 2.34. The highest BCUT2D eigenvalue weighted by molar-refractivity contribution is 5.74. The highest BCUT2D eigenvalue weighted by atomic mass is 16.1. The Labute approximate surface area is 96.5 Å². The predicted octanol–water partition coefficient (Wildman–Crippen LogP) is 2.09. The molecule has 2 rings (SSSR count). The van der Waals surface area contributed by atoms with Crippen LogP contribution in [0.15, 0.2) is 24.3 Å². The molecule has 0 aliphatic carbocycles. The molecule has 1 aliphatic heterocycles. The van der Waals surface area contributed by atoms with Gasteiger partial charge in [0.1, 0.15) is 0 Å². The van der Waals surface area contributed by atoms with Gasteiger partial charge in [-0.1, -0.05) is 18.2 Å². The molecule has 3 nitrogen and oxygen atoms in total. The molecule has 1 unspecified atom stereocenters. The molecule has 1 heterocycles. The van der Waals surface area contributed by atoms with Crippen molar-refractivity contribution in [2.24, 2.45) is 0 Å². The largest absolute Gasteiger partial charge is 0.374 e. The van der Waals surface area contributed by atoms with E-state index in [0.29, 0.717) is 0 Å². The zero-order valence-corrected chi connectivity index (χ0v) is 9.86. The van der Waals surface area contributed by atoms with E-state index in [1.807, 2.05) is 12.1 Å². The first-order valence-corrected chi connectivity index (χ1v) is 5.75. The molecule has 1 aromatic rings. The Bertz CT molecular complexity index is 389. The number of hydrogen-bond donors (Lipinski definition) is 1. The normalized spacial score (nSPS) is 19.9. The van der Waals surface area contributed by atoms with E-state index in [4.69, 9.17) is 0 Å². The molecule has 0 spiro atoms. The maximum atomic E-state index is 11.2. The summed E-state index contributed by atoms with van der Waals surface area (Å²) in [5, 5.41) is 3.03. The maximum absolute atomic E-state index is 11.2. The highest BCUT2D eigenvalue weighted by Crippen LogP contribution is 2.31. The first-order chi connectivity index (χ1) is 7.68. The molecule has 0 saturated heterocycles. The van der Waals surface area contributed by atoms with Crippen LogP contribution in [-0.4, -0.2) is 19.5 Å². The minimum atomic E-state index is 0.0457. The molecule has 0 aromatic heterocycles. The summed E-state index contributed by atoms with van der Waals surface area (Å²) in [6, 6.07) is 8.48. The van der Waals surface area contributed by atoms with Crippen molar-refractivity contribution in [3.63, 3.8) is 0 Å². The van der Waals surface area contributed by atoms with Crippen molar-refractivity contribution in [2.45, 2.75) is 25.8 Å². The van der Waals surface area contributed by atoms with Gasteiger partial charge in [0.15, 0.2) is 0 Å². The summed E-state index contributed by atoms with van der Waals surface area (Å²) >= 11 is 0. The van der Waals surface area contributed by atoms with Crippen LogP contribution in [0.3, 0.4) is 0 Å². The molecular formula is C13H18N2O. The molecular weight excluding hydrogens is 200 g/mol. The minimum Gasteiger partial charge on any atom is -0.374 e. The van der Waals surface area contributed by atoms with E-state index in [0.717, 1.165) is 19.4 Å². The first kappa shape index (κ1) is 11.0. The number of carbonyl (C=O) groups is 1. The zero-order chi connectivity index (χ0) is 11.5. The maximum Gasteiger partial charge on any atom is 0.217 e. The SMILES string of the molecule is CC(=O)NC1CCCN(C)c2ccccc21. The lowest BCUT2D eigenvalue weighted by molar-refractivity contribution is -0.119. The first-order valence-electron chi connectivity index (χ1n) is 5.75. The van der Waals surface area contributed by atoms with Crippen molar-refractivity contribution in [2.75, 3.05) is 18.5 Å². The van der Waals surface area contributed by atoms with Gasteiger partial charge in [-0.25, -0.2) is 0 Å². The number of hydrogen-bond acceptors (Lipinski definition) is 2. The summed E-state index contributed by atoms with van der Waals surface area (Å²) in [5.74, 6) is 0.0457. The molecule has 86 valence electrons. The van der Waals surface area contributed by atoms with E-state index < -0.39 is 0 Å². The van der Waals surface area contributed by atoms with E-state index in [1.54, 1.807) is 6.92 Å². The molecule has 1 atom stereocenters. The summed E-state index contributed by atoms with van der Waals surface area (Å²) in [6.07, 6.45) is 2.12. The van der Waals surface area contributed by atoms with E-state index in [9.17, 15) is 4.79 Å². The smallest absolute Gasteiger partial charge is 0.217 e. The van der Waals surface area contributed by atoms with Crippen LogP contribution in [0.2, 0.25) is 0 Å². The van der Waals surface area contributed by atoms with Crippen molar-refractivity contribution in [3.05, 3.63) is 29.8 Å². The molecule has 1 aliphatic rings. The number of nitrogens with zero attached hydrogens (tertiary/aromatic N) is 1. The van der Waals surface area contributed by atoms with Gasteiger partial charge in [0.2, 0.25) is 5.91 Å². The van der Waals surface area contributed by atoms with Crippen molar-refractivity contribution in [1.82, 2.24) is 5.32 Å². The number of amides is 1. The number of nitrogens with one attached hydrogen (secondary N) is 1. The molecule has 0 bridgehead atoms. The van der Waals surface area contributed by atoms with Crippen molar-refractivity contribution in [1.29, 1.82) is 0 Å². The molecule has 3 heteroatoms. The van der Waals surface area contributed by atoms with Gasteiger partial charge in [-0.2, -0.15) is 0 Å². The minimum absolute atomic E-state index is 0.0457. The third-order valence-electron chi connectivity index (χ3n) is 3.09. The lowest BCUT2D eigenvalue weighted by Gasteiger charge is -2.21. The van der Waals surface area contributed by atoms with Crippen LogP contribution in [0.4, 0.5) is 5.69 Å². The highest BCUT2D eigenvalue weighted by Gasteiger charge is 2.20. The lowest BCUT2D eigenvalue weighted by Crippen LogP contribution is -2.25. The van der Waals surface area contributed by atoms with Crippen LogP contribution in [0.5, 0.6) is 0 Å². The van der Waals surface area contributed by atoms with Gasteiger partial charge in [-0.05, 0) is 24.5 Å². The molecule has 0 fully saturated rings. The predicted molar refractivity (Wildman–Crippen MR) is 65.5 cm³/mol. The Morgan fingerprint density at radius 2 is 2.19 bits per heavy atom. The van der Waals surface area contributed by atoms with Gasteiger partial charge >= 0.3 is 0 Å². The van der Waals surface area contributed by atoms with E-state index in [2.05, 4.69) is 29.4 Å². The Morgan fingerprint density at radius 1 is 1.44 bits per heavy atom. The van der Waals surface area contributed by atoms with Crippen molar-refractivity contribution in [3.8, 4) is 0 Å². The Hall–Kier alpha value is -1.51. The molecule has 1 N–H and O–H groups in total. The molecule has 16 heavy (non-hydrogen) atoms. The standard InChI is InChI=1S/C13H18N2O/c1-10(16)14-12-7-5-9-15(2)13-8-4-3-6-11(12)13/h3-4,6,8,12H,5,7,9H2,1-2H3,(H,14,16). The van der Waals surface area contributed by atoms with Crippen LogP contribution in [-0.2, 0) is 4.79 Å². The fourth-order valence-electron chi connectivity index (χ4n) is 2.33. The second-order valence-electron chi connectivity index (χ2n) is 4.38. The molecule has 0 saturated carbocycles. The zero-order valence-electron chi connectivity index (χ0n) is 9.86. The quantitative estimate of drug-likeness (QED) is 0.783. The summed E-state index contributed by atoms with van der Waals surface area (Å²) < 4.78 is 0. The lowest BCUT2D eigenvalue weighted by atomic mass is 10.0. The average Bonchev–Trinajstić information content (AvgIpc) is 2.40. The van der Waals surface area contributed by atoms with Gasteiger partial charge in [-0.3, -0.25) is 4.79 Å². The van der Waals surface area contributed by atoms with Crippen molar-refractivity contribution >= 4 is 11.6 Å². The van der Waals surface area contributed by atoms with E-state index >= 15 is 0 Å². The summed E-state index contributed by atoms with van der Waals surface area (Å²) in [4.78, 5) is 13.5. The fraction of sp³-hybridized carbons (Fsp3) is 0.462. The number of benzene rings is 1. The van der Waals surface area contributed by atoms with Crippen LogP contribution in [0.25, 0.3) is 0 Å². The topological polar surface area (TPSA) is 32.3 Å². The van der Waals surface area contributed by atoms with Gasteiger partial charge in [-0.15, -0.1) is 0 Å². The number of anilines is 1. The average molecular weight is 218 g/mol. The fourth-order valence-corrected chi connectivity index (χ4v) is 2.33. The van der Waals surface area contributed by atoms with Gasteiger partial charge in [0, 0.05) is 26.2 Å². The number of rotatable bonds is 1. The van der Waals surface area contributed by atoms with Crippen LogP contribution < -0.4 is 10.2 Å². The summed E-state index contributed by atoms with van der Waals surface area (Å²) in [5.41, 5.74) is 2.47. The van der Waals surface area contributed by atoms with Crippen LogP contribution in [0.1, 0.15) is 31.4 Å². The number of fused-ring (bicyclic) bond motifs is 1. The second kappa shape index (κ2) is 4.56. The summed E-state index contributed by atoms with van der Waals surface area (Å²) in [6.45, 7) is 2.63. The van der Waals surface area contributed by atoms with Gasteiger partial charge < -0.3 is 10.2 Å². The third kappa shape index (κ3) is 2.18. The Morgan fingerprint density at radius 3 is 2.94 bits per heavy atom. The van der Waals surface area contributed by atoms with Crippen LogP contribution >= 0.6 is 0 Å². The molecule has 0 radical (unpaired) electrons. The van der Waals surface area contributed by atoms with Crippen molar-refractivity contribution < 1.29 is 4.79 Å². The van der Waals surface area contributed by atoms with Gasteiger partial charge in [0.05, 0.1) is 6.04 Å². The van der Waals surface area contributed by atoms with Crippen LogP contribution in [0, 0.1) is 0 Å².